The van der Waals surface area contributed by atoms with Gasteiger partial charge >= 0.3 is 0 Å². The summed E-state index contributed by atoms with van der Waals surface area (Å²) >= 11 is 9.54. The molecule has 0 saturated carbocycles. The lowest BCUT2D eigenvalue weighted by molar-refractivity contribution is 0.952. The highest BCUT2D eigenvalue weighted by atomic mass is 79.9. The van der Waals surface area contributed by atoms with Gasteiger partial charge in [-0.3, -0.25) is 0 Å². The number of hydrogen-bond acceptors (Lipinski definition) is 5. The molecule has 1 heterocycles. The fourth-order valence-electron chi connectivity index (χ4n) is 1.59. The van der Waals surface area contributed by atoms with E-state index < -0.39 is 0 Å². The lowest BCUT2D eigenvalue weighted by Crippen LogP contribution is -2.06. The van der Waals surface area contributed by atoms with Gasteiger partial charge in [-0.15, -0.1) is 0 Å². The van der Waals surface area contributed by atoms with E-state index in [4.69, 9.17) is 16.9 Å². The smallest absolute Gasteiger partial charge is 0.224 e. The first-order valence-electron chi connectivity index (χ1n) is 6.37. The van der Waals surface area contributed by atoms with E-state index in [0.29, 0.717) is 28.0 Å². The maximum Gasteiger partial charge on any atom is 0.224 e. The van der Waals surface area contributed by atoms with Crippen molar-refractivity contribution in [3.63, 3.8) is 0 Å². The van der Waals surface area contributed by atoms with Crippen molar-refractivity contribution < 1.29 is 0 Å². The monoisotopic (exact) mass is 365 g/mol. The molecule has 0 aliphatic rings. The quantitative estimate of drug-likeness (QED) is 0.824. The Morgan fingerprint density at radius 1 is 1.43 bits per heavy atom. The van der Waals surface area contributed by atoms with Crippen LogP contribution in [0.15, 0.2) is 28.9 Å². The molecule has 0 bridgehead atoms. The van der Waals surface area contributed by atoms with Crippen LogP contribution in [0.4, 0.5) is 17.5 Å². The van der Waals surface area contributed by atoms with Gasteiger partial charge in [-0.2, -0.15) is 10.2 Å². The number of halogens is 2. The summed E-state index contributed by atoms with van der Waals surface area (Å²) < 4.78 is 0.727. The number of nitriles is 1. The first-order chi connectivity index (χ1) is 10.1. The van der Waals surface area contributed by atoms with Crippen molar-refractivity contribution in [3.8, 4) is 6.07 Å². The maximum atomic E-state index is 8.84. The van der Waals surface area contributed by atoms with Gasteiger partial charge in [0.2, 0.25) is 5.95 Å². The molecule has 0 unspecified atom stereocenters. The molecule has 5 nitrogen and oxygen atoms in total. The van der Waals surface area contributed by atoms with Gasteiger partial charge in [0.1, 0.15) is 5.82 Å². The van der Waals surface area contributed by atoms with Crippen molar-refractivity contribution >= 4 is 45.0 Å². The summed E-state index contributed by atoms with van der Waals surface area (Å²) in [5, 5.41) is 15.6. The largest absolute Gasteiger partial charge is 0.354 e. The molecule has 0 aliphatic carbocycles. The molecule has 0 aliphatic heterocycles. The molecule has 2 aromatic rings. The number of rotatable bonds is 5. The van der Waals surface area contributed by atoms with Crippen LogP contribution in [-0.2, 0) is 0 Å². The Morgan fingerprint density at radius 2 is 2.24 bits per heavy atom. The number of benzene rings is 1. The zero-order chi connectivity index (χ0) is 15.2. The van der Waals surface area contributed by atoms with Crippen LogP contribution in [0.3, 0.4) is 0 Å². The Labute approximate surface area is 136 Å². The minimum absolute atomic E-state index is 0.461. The van der Waals surface area contributed by atoms with Gasteiger partial charge in [0.05, 0.1) is 26.8 Å². The van der Waals surface area contributed by atoms with Crippen LogP contribution in [0.5, 0.6) is 0 Å². The molecule has 0 fully saturated rings. The van der Waals surface area contributed by atoms with Gasteiger partial charge in [0.25, 0.3) is 0 Å². The summed E-state index contributed by atoms with van der Waals surface area (Å²) in [4.78, 5) is 8.57. The number of nitrogens with zero attached hydrogens (tertiary/aromatic N) is 3. The van der Waals surface area contributed by atoms with E-state index in [9.17, 15) is 0 Å². The second-order valence-corrected chi connectivity index (χ2v) is 5.51. The first kappa shape index (κ1) is 15.5. The highest BCUT2D eigenvalue weighted by Crippen LogP contribution is 2.29. The van der Waals surface area contributed by atoms with E-state index in [2.05, 4.69) is 43.5 Å². The molecule has 0 saturated heterocycles. The summed E-state index contributed by atoms with van der Waals surface area (Å²) in [7, 11) is 0. The topological polar surface area (TPSA) is 73.6 Å². The third-order valence-corrected chi connectivity index (χ3v) is 3.52. The number of hydrogen-bond donors (Lipinski definition) is 2. The zero-order valence-corrected chi connectivity index (χ0v) is 13.7. The second-order valence-electron chi connectivity index (χ2n) is 4.25. The zero-order valence-electron chi connectivity index (χ0n) is 11.3. The minimum atomic E-state index is 0.461. The Balaban J connectivity index is 2.24. The van der Waals surface area contributed by atoms with Gasteiger partial charge in [-0.25, -0.2) is 4.98 Å². The molecule has 1 aromatic heterocycles. The highest BCUT2D eigenvalue weighted by Gasteiger charge is 2.08. The summed E-state index contributed by atoms with van der Waals surface area (Å²) in [6.45, 7) is 2.88. The van der Waals surface area contributed by atoms with Crippen LogP contribution >= 0.6 is 27.5 Å². The van der Waals surface area contributed by atoms with Crippen molar-refractivity contribution in [2.45, 2.75) is 13.3 Å². The third-order valence-electron chi connectivity index (χ3n) is 2.63. The molecule has 0 spiro atoms. The van der Waals surface area contributed by atoms with E-state index in [1.807, 2.05) is 6.07 Å². The van der Waals surface area contributed by atoms with Crippen LogP contribution in [0.25, 0.3) is 0 Å². The molecule has 2 rings (SSSR count). The first-order valence-corrected chi connectivity index (χ1v) is 7.54. The van der Waals surface area contributed by atoms with Crippen molar-refractivity contribution in [1.29, 1.82) is 5.26 Å². The Kier molecular flexibility index (Phi) is 5.37. The van der Waals surface area contributed by atoms with Crippen LogP contribution in [0.2, 0.25) is 5.02 Å². The lowest BCUT2D eigenvalue weighted by atomic mass is 10.2. The molecule has 0 atom stereocenters. The number of nitrogens with one attached hydrogen (secondary N) is 2. The molecular formula is C14H13BrClN5. The highest BCUT2D eigenvalue weighted by molar-refractivity contribution is 9.10. The molecular weight excluding hydrogens is 354 g/mol. The van der Waals surface area contributed by atoms with E-state index in [0.717, 1.165) is 17.4 Å². The summed E-state index contributed by atoms with van der Waals surface area (Å²) in [6, 6.07) is 7.09. The normalized spacial score (nSPS) is 10.0. The van der Waals surface area contributed by atoms with Crippen molar-refractivity contribution in [1.82, 2.24) is 9.97 Å². The van der Waals surface area contributed by atoms with Crippen LogP contribution in [0, 0.1) is 11.3 Å². The van der Waals surface area contributed by atoms with E-state index in [1.54, 1.807) is 24.4 Å². The van der Waals surface area contributed by atoms with Gasteiger partial charge in [0.15, 0.2) is 0 Å². The van der Waals surface area contributed by atoms with E-state index >= 15 is 0 Å². The van der Waals surface area contributed by atoms with Gasteiger partial charge in [0, 0.05) is 12.7 Å². The van der Waals surface area contributed by atoms with Crippen LogP contribution in [0.1, 0.15) is 18.9 Å². The average Bonchev–Trinajstić information content (AvgIpc) is 2.49. The summed E-state index contributed by atoms with van der Waals surface area (Å²) in [5.74, 6) is 1.16. The molecule has 2 N–H and O–H groups in total. The molecule has 1 aromatic carbocycles. The van der Waals surface area contributed by atoms with Crippen molar-refractivity contribution in [2.24, 2.45) is 0 Å². The van der Waals surface area contributed by atoms with Gasteiger partial charge in [-0.1, -0.05) is 18.5 Å². The molecule has 7 heteroatoms. The van der Waals surface area contributed by atoms with Gasteiger partial charge in [-0.05, 0) is 40.5 Å². The molecule has 0 amide bonds. The van der Waals surface area contributed by atoms with Gasteiger partial charge < -0.3 is 10.6 Å². The molecule has 108 valence electrons. The minimum Gasteiger partial charge on any atom is -0.354 e. The Hall–Kier alpha value is -1.84. The Bertz CT molecular complexity index is 684. The third kappa shape index (κ3) is 4.06. The predicted molar refractivity (Wildman–Crippen MR) is 88.0 cm³/mol. The second kappa shape index (κ2) is 7.25. The van der Waals surface area contributed by atoms with Crippen molar-refractivity contribution in [2.75, 3.05) is 17.2 Å². The number of anilines is 3. The van der Waals surface area contributed by atoms with Crippen LogP contribution in [-0.4, -0.2) is 16.5 Å². The SMILES string of the molecule is CCCNc1ncc(Br)c(Nc2ccc(C#N)cc2Cl)n1. The maximum absolute atomic E-state index is 8.84. The summed E-state index contributed by atoms with van der Waals surface area (Å²) in [6.07, 6.45) is 2.66. The van der Waals surface area contributed by atoms with E-state index in [1.165, 1.54) is 0 Å². The fourth-order valence-corrected chi connectivity index (χ4v) is 2.11. The van der Waals surface area contributed by atoms with Crippen LogP contribution < -0.4 is 10.6 Å². The standard InChI is InChI=1S/C14H13BrClN5/c1-2-5-18-14-19-8-10(15)13(21-14)20-12-4-3-9(7-17)6-11(12)16/h3-4,6,8H,2,5H2,1H3,(H2,18,19,20,21). The van der Waals surface area contributed by atoms with E-state index in [-0.39, 0.29) is 0 Å². The Morgan fingerprint density at radius 3 is 2.90 bits per heavy atom. The molecule has 21 heavy (non-hydrogen) atoms. The summed E-state index contributed by atoms with van der Waals surface area (Å²) in [5.41, 5.74) is 1.19. The number of aromatic nitrogens is 2. The lowest BCUT2D eigenvalue weighted by Gasteiger charge is -2.11. The fraction of sp³-hybridized carbons (Fsp3) is 0.214. The average molecular weight is 367 g/mol. The predicted octanol–water partition coefficient (Wildman–Crippen LogP) is 4.33. The van der Waals surface area contributed by atoms with Crippen molar-refractivity contribution in [3.05, 3.63) is 39.5 Å². The molecule has 0 radical (unpaired) electrons.